The van der Waals surface area contributed by atoms with Gasteiger partial charge in [-0.25, -0.2) is 0 Å². The Labute approximate surface area is 229 Å². The highest BCUT2D eigenvalue weighted by Crippen LogP contribution is 2.33. The molecule has 0 saturated heterocycles. The van der Waals surface area contributed by atoms with E-state index < -0.39 is 5.97 Å². The fourth-order valence-corrected chi connectivity index (χ4v) is 5.49. The molecule has 0 aliphatic heterocycles. The van der Waals surface area contributed by atoms with Crippen LogP contribution in [0.25, 0.3) is 0 Å². The first kappa shape index (κ1) is 27.9. The van der Waals surface area contributed by atoms with Crippen molar-refractivity contribution in [1.82, 2.24) is 9.47 Å². The third-order valence-electron chi connectivity index (χ3n) is 7.72. The van der Waals surface area contributed by atoms with Crippen LogP contribution in [0.1, 0.15) is 55.3 Å². The number of rotatable bonds is 11. The molecule has 1 aliphatic carbocycles. The van der Waals surface area contributed by atoms with E-state index in [1.807, 2.05) is 25.1 Å². The van der Waals surface area contributed by atoms with E-state index in [1.165, 1.54) is 27.8 Å². The van der Waals surface area contributed by atoms with Gasteiger partial charge in [-0.2, -0.15) is 0 Å². The zero-order chi connectivity index (χ0) is 27.2. The Kier molecular flexibility index (Phi) is 9.23. The fraction of sp³-hybridized carbons (Fsp3) is 0.433. The van der Waals surface area contributed by atoms with Crippen LogP contribution in [-0.2, 0) is 17.9 Å². The van der Waals surface area contributed by atoms with Crippen LogP contribution in [0.3, 0.4) is 0 Å². The minimum atomic E-state index is -0.672. The highest BCUT2D eigenvalue weighted by molar-refractivity contribution is 6.30. The van der Waals surface area contributed by atoms with Gasteiger partial charge >= 0.3 is 5.97 Å². The predicted molar refractivity (Wildman–Crippen MR) is 148 cm³/mol. The lowest BCUT2D eigenvalue weighted by molar-refractivity contribution is -0.143. The molecule has 1 fully saturated rings. The number of hydrogen-bond donors (Lipinski definition) is 3. The number of carboxylic acid groups (broad SMARTS) is 1. The van der Waals surface area contributed by atoms with Crippen LogP contribution in [0, 0.1) is 18.8 Å². The van der Waals surface area contributed by atoms with Gasteiger partial charge in [0, 0.05) is 36.3 Å². The Morgan fingerprint density at radius 2 is 1.71 bits per heavy atom. The number of aromatic nitrogens is 1. The molecule has 7 nitrogen and oxygen atoms in total. The molecule has 204 valence electrons. The van der Waals surface area contributed by atoms with Crippen molar-refractivity contribution in [3.05, 3.63) is 76.3 Å². The van der Waals surface area contributed by atoms with E-state index in [-0.39, 0.29) is 23.7 Å². The lowest BCUT2D eigenvalue weighted by Crippen LogP contribution is -2.34. The quantitative estimate of drug-likeness (QED) is 0.261. The van der Waals surface area contributed by atoms with Crippen molar-refractivity contribution >= 4 is 17.6 Å². The molecule has 38 heavy (non-hydrogen) atoms. The maximum atomic E-state index is 11.4. The van der Waals surface area contributed by atoms with E-state index in [9.17, 15) is 20.1 Å². The standard InChI is InChI=1S/C30H37ClN2O5/c1-20-17-23(5-12-27(20)38-16-15-33-28(34)13-14-29(33)35)19-32(21(2)24-8-10-26(31)11-9-24)18-22-3-6-25(7-4-22)30(36)37/h5,8-14,17,21-22,25,34-35H,3-4,6-7,15-16,18-19H2,1-2H3,(H,36,37). The van der Waals surface area contributed by atoms with E-state index in [0.717, 1.165) is 50.1 Å². The highest BCUT2D eigenvalue weighted by atomic mass is 35.5. The maximum Gasteiger partial charge on any atom is 0.306 e. The van der Waals surface area contributed by atoms with Gasteiger partial charge in [-0.3, -0.25) is 14.3 Å². The van der Waals surface area contributed by atoms with Crippen molar-refractivity contribution in [2.75, 3.05) is 13.2 Å². The first-order valence-electron chi connectivity index (χ1n) is 13.2. The Bertz CT molecular complexity index is 1200. The van der Waals surface area contributed by atoms with E-state index in [4.69, 9.17) is 16.3 Å². The SMILES string of the molecule is Cc1cc(CN(CC2CCC(C(=O)O)CC2)C(C)c2ccc(Cl)cc2)ccc1OCCn1c(O)ccc1O. The number of halogens is 1. The molecule has 0 radical (unpaired) electrons. The summed E-state index contributed by atoms with van der Waals surface area (Å²) < 4.78 is 7.33. The van der Waals surface area contributed by atoms with Crippen LogP contribution in [0.2, 0.25) is 5.02 Å². The average Bonchev–Trinajstić information content (AvgIpc) is 3.22. The first-order chi connectivity index (χ1) is 18.2. The van der Waals surface area contributed by atoms with Crippen molar-refractivity contribution in [1.29, 1.82) is 0 Å². The minimum absolute atomic E-state index is 0.00418. The molecule has 4 rings (SSSR count). The van der Waals surface area contributed by atoms with Gasteiger partial charge in [0.25, 0.3) is 0 Å². The summed E-state index contributed by atoms with van der Waals surface area (Å²) in [6.07, 6.45) is 3.35. The van der Waals surface area contributed by atoms with E-state index in [1.54, 1.807) is 0 Å². The molecule has 1 atom stereocenters. The minimum Gasteiger partial charge on any atom is -0.494 e. The number of carbonyl (C=O) groups is 1. The lowest BCUT2D eigenvalue weighted by atomic mass is 9.81. The fourth-order valence-electron chi connectivity index (χ4n) is 5.36. The van der Waals surface area contributed by atoms with Gasteiger partial charge in [-0.05, 0) is 80.3 Å². The van der Waals surface area contributed by atoms with E-state index in [0.29, 0.717) is 24.1 Å². The summed E-state index contributed by atoms with van der Waals surface area (Å²) in [5.41, 5.74) is 3.39. The van der Waals surface area contributed by atoms with E-state index in [2.05, 4.69) is 36.1 Å². The highest BCUT2D eigenvalue weighted by Gasteiger charge is 2.28. The largest absolute Gasteiger partial charge is 0.494 e. The Morgan fingerprint density at radius 3 is 2.32 bits per heavy atom. The molecule has 1 aliphatic rings. The monoisotopic (exact) mass is 540 g/mol. The summed E-state index contributed by atoms with van der Waals surface area (Å²) in [6, 6.07) is 17.3. The molecule has 1 saturated carbocycles. The molecule has 1 heterocycles. The molecule has 3 aromatic rings. The summed E-state index contributed by atoms with van der Waals surface area (Å²) in [6.45, 7) is 6.54. The molecular weight excluding hydrogens is 504 g/mol. The van der Waals surface area contributed by atoms with Crippen LogP contribution in [0.15, 0.2) is 54.6 Å². The van der Waals surface area contributed by atoms with Crippen molar-refractivity contribution in [2.45, 2.75) is 58.7 Å². The van der Waals surface area contributed by atoms with Gasteiger partial charge < -0.3 is 20.1 Å². The number of nitrogens with zero attached hydrogens (tertiary/aromatic N) is 2. The second-order valence-electron chi connectivity index (χ2n) is 10.4. The van der Waals surface area contributed by atoms with Gasteiger partial charge in [0.1, 0.15) is 12.4 Å². The van der Waals surface area contributed by atoms with Crippen LogP contribution in [-0.4, -0.2) is 43.9 Å². The molecule has 8 heteroatoms. The third-order valence-corrected chi connectivity index (χ3v) is 7.97. The van der Waals surface area contributed by atoms with Gasteiger partial charge in [0.15, 0.2) is 11.8 Å². The molecule has 0 amide bonds. The zero-order valence-corrected chi connectivity index (χ0v) is 22.8. The summed E-state index contributed by atoms with van der Waals surface area (Å²) in [7, 11) is 0. The summed E-state index contributed by atoms with van der Waals surface area (Å²) in [4.78, 5) is 13.9. The van der Waals surface area contributed by atoms with Crippen LogP contribution in [0.5, 0.6) is 17.5 Å². The first-order valence-corrected chi connectivity index (χ1v) is 13.6. The van der Waals surface area contributed by atoms with Crippen molar-refractivity contribution in [3.63, 3.8) is 0 Å². The second kappa shape index (κ2) is 12.6. The zero-order valence-electron chi connectivity index (χ0n) is 22.0. The second-order valence-corrected chi connectivity index (χ2v) is 10.8. The summed E-state index contributed by atoms with van der Waals surface area (Å²) >= 11 is 6.13. The number of carboxylic acids is 1. The number of ether oxygens (including phenoxy) is 1. The predicted octanol–water partition coefficient (Wildman–Crippen LogP) is 6.39. The van der Waals surface area contributed by atoms with Gasteiger partial charge in [-0.15, -0.1) is 0 Å². The molecule has 2 aromatic carbocycles. The Balaban J connectivity index is 1.43. The van der Waals surface area contributed by atoms with Crippen LogP contribution < -0.4 is 4.74 Å². The lowest BCUT2D eigenvalue weighted by Gasteiger charge is -2.35. The van der Waals surface area contributed by atoms with Crippen LogP contribution >= 0.6 is 11.6 Å². The summed E-state index contributed by atoms with van der Waals surface area (Å²) in [5, 5.41) is 29.7. The van der Waals surface area contributed by atoms with Gasteiger partial charge in [-0.1, -0.05) is 35.9 Å². The molecular formula is C30H37ClN2O5. The molecule has 1 unspecified atom stereocenters. The molecule has 3 N–H and O–H groups in total. The van der Waals surface area contributed by atoms with E-state index >= 15 is 0 Å². The van der Waals surface area contributed by atoms with Gasteiger partial charge in [0.2, 0.25) is 0 Å². The topological polar surface area (TPSA) is 95.2 Å². The van der Waals surface area contributed by atoms with Crippen molar-refractivity contribution in [2.24, 2.45) is 11.8 Å². The number of aromatic hydroxyl groups is 2. The average molecular weight is 541 g/mol. The van der Waals surface area contributed by atoms with Crippen molar-refractivity contribution in [3.8, 4) is 17.5 Å². The number of aliphatic carboxylic acids is 1. The Morgan fingerprint density at radius 1 is 1.05 bits per heavy atom. The van der Waals surface area contributed by atoms with Crippen molar-refractivity contribution < 1.29 is 24.9 Å². The molecule has 0 bridgehead atoms. The summed E-state index contributed by atoms with van der Waals surface area (Å²) in [5.74, 6) is 0.354. The Hall–Kier alpha value is -3.16. The number of benzene rings is 2. The smallest absolute Gasteiger partial charge is 0.306 e. The normalized spacial score (nSPS) is 18.4. The van der Waals surface area contributed by atoms with Crippen LogP contribution in [0.4, 0.5) is 0 Å². The third kappa shape index (κ3) is 7.03. The number of aryl methyl sites for hydroxylation is 1. The van der Waals surface area contributed by atoms with Gasteiger partial charge in [0.05, 0.1) is 12.5 Å². The molecule has 1 aromatic heterocycles. The number of hydrogen-bond acceptors (Lipinski definition) is 5. The molecule has 0 spiro atoms. The maximum absolute atomic E-state index is 11.4.